The summed E-state index contributed by atoms with van der Waals surface area (Å²) in [5.74, 6) is 0.946. The molecule has 0 N–H and O–H groups in total. The second-order valence-electron chi connectivity index (χ2n) is 8.30. The quantitative estimate of drug-likeness (QED) is 0.182. The number of hydrogen-bond donors (Lipinski definition) is 0. The van der Waals surface area contributed by atoms with Gasteiger partial charge in [-0.1, -0.05) is 70.2 Å². The van der Waals surface area contributed by atoms with Crippen molar-refractivity contribution < 1.29 is 0 Å². The zero-order valence-electron chi connectivity index (χ0n) is 20.8. The van der Waals surface area contributed by atoms with Crippen LogP contribution in [-0.2, 0) is 0 Å². The normalized spacial score (nSPS) is 10.1. The molecule has 4 aromatic carbocycles. The van der Waals surface area contributed by atoms with Gasteiger partial charge in [0.25, 0.3) is 0 Å². The molecule has 0 aliphatic heterocycles. The molecular formula is C31H32NSbSe2-2. The molecule has 0 heterocycles. The Labute approximate surface area is 246 Å². The van der Waals surface area contributed by atoms with E-state index in [1.165, 1.54) is 20.1 Å². The number of para-hydroxylation sites is 1. The topological polar surface area (TPSA) is 12.4 Å². The Morgan fingerprint density at radius 1 is 0.629 bits per heavy atom. The number of aliphatic imine (C=N–C) groups is 1. The van der Waals surface area contributed by atoms with Gasteiger partial charge in [0.2, 0.25) is 0 Å². The van der Waals surface area contributed by atoms with Gasteiger partial charge in [-0.15, -0.1) is 0 Å². The second-order valence-corrected chi connectivity index (χ2v) is 10.3. The minimum absolute atomic E-state index is 0. The van der Waals surface area contributed by atoms with Crippen molar-refractivity contribution in [2.24, 2.45) is 4.99 Å². The predicted octanol–water partition coefficient (Wildman–Crippen LogP) is 6.06. The molecule has 0 aromatic heterocycles. The fourth-order valence-corrected chi connectivity index (χ4v) is 3.78. The average Bonchev–Trinajstić information content (AvgIpc) is 2.85. The first-order valence-corrected chi connectivity index (χ1v) is 13.2. The Hall–Kier alpha value is -1.59. The van der Waals surface area contributed by atoms with Crippen LogP contribution in [0.25, 0.3) is 0 Å². The third kappa shape index (κ3) is 12.3. The summed E-state index contributed by atoms with van der Waals surface area (Å²) in [4.78, 5) is 4.76. The summed E-state index contributed by atoms with van der Waals surface area (Å²) in [6.45, 7) is 8.86. The molecule has 0 saturated carbocycles. The SMILES string of the molecule is CC(C)c1cccc(C(C)C)c1N=Cc1[c]cccc1.[Sb].[Se-]c1ccccc1.[Se-]c1ccccc1. The summed E-state index contributed by atoms with van der Waals surface area (Å²) in [6, 6.07) is 37.7. The fraction of sp³-hybridized carbons (Fsp3) is 0.194. The van der Waals surface area contributed by atoms with Crippen LogP contribution in [0.5, 0.6) is 0 Å². The first-order chi connectivity index (χ1) is 16.4. The van der Waals surface area contributed by atoms with Gasteiger partial charge in [-0.25, -0.2) is 0 Å². The van der Waals surface area contributed by atoms with E-state index in [2.05, 4.69) is 84.0 Å². The molecule has 4 radical (unpaired) electrons. The molecule has 0 atom stereocenters. The summed E-state index contributed by atoms with van der Waals surface area (Å²) in [6.07, 6.45) is 1.91. The Balaban J connectivity index is 0.000000332. The third-order valence-electron chi connectivity index (χ3n) is 4.89. The van der Waals surface area contributed by atoms with E-state index in [9.17, 15) is 0 Å². The van der Waals surface area contributed by atoms with Crippen molar-refractivity contribution >= 4 is 77.3 Å². The molecule has 4 heteroatoms. The van der Waals surface area contributed by atoms with Crippen LogP contribution in [0.3, 0.4) is 0 Å². The summed E-state index contributed by atoms with van der Waals surface area (Å²) >= 11 is 5.80. The van der Waals surface area contributed by atoms with Crippen molar-refractivity contribution in [2.45, 2.75) is 39.5 Å². The molecule has 0 bridgehead atoms. The maximum absolute atomic E-state index is 4.76. The van der Waals surface area contributed by atoms with Crippen molar-refractivity contribution in [3.05, 3.63) is 126 Å². The van der Waals surface area contributed by atoms with Crippen molar-refractivity contribution in [3.63, 3.8) is 0 Å². The van der Waals surface area contributed by atoms with Gasteiger partial charge in [0.1, 0.15) is 0 Å². The standard InChI is InChI=1S/C19H22N.2C6H6Se.Sb/c1-14(2)17-11-8-12-18(15(3)4)19(17)20-13-16-9-6-5-7-10-16;2*7-6-4-2-1-3-5-6;/h5-9,11-15H,1-4H3;2*1-5,7H;/p-2. The molecule has 0 fully saturated rings. The summed E-state index contributed by atoms with van der Waals surface area (Å²) in [5, 5.41) is 0. The van der Waals surface area contributed by atoms with Crippen LogP contribution in [0, 0.1) is 6.07 Å². The van der Waals surface area contributed by atoms with E-state index in [1.807, 2.05) is 91.1 Å². The van der Waals surface area contributed by atoms with Crippen LogP contribution >= 0.6 is 0 Å². The summed E-state index contributed by atoms with van der Waals surface area (Å²) < 4.78 is 2.39. The molecule has 0 spiro atoms. The van der Waals surface area contributed by atoms with Gasteiger partial charge >= 0.3 is 102 Å². The fourth-order valence-electron chi connectivity index (χ4n) is 3.12. The molecule has 0 unspecified atom stereocenters. The average molecular weight is 698 g/mol. The van der Waals surface area contributed by atoms with Crippen LogP contribution in [-0.4, -0.2) is 62.7 Å². The van der Waals surface area contributed by atoms with E-state index in [-0.39, 0.29) is 24.4 Å². The number of hydrogen-bond acceptors (Lipinski definition) is 1. The summed E-state index contributed by atoms with van der Waals surface area (Å²) in [7, 11) is 0. The minimum atomic E-state index is 0. The monoisotopic (exact) mass is 699 g/mol. The van der Waals surface area contributed by atoms with Crippen LogP contribution in [0.2, 0.25) is 0 Å². The van der Waals surface area contributed by atoms with Crippen molar-refractivity contribution in [1.29, 1.82) is 0 Å². The van der Waals surface area contributed by atoms with Gasteiger partial charge < -0.3 is 0 Å². The Morgan fingerprint density at radius 3 is 1.43 bits per heavy atom. The second kappa shape index (κ2) is 17.8. The van der Waals surface area contributed by atoms with Crippen LogP contribution in [0.1, 0.15) is 56.2 Å². The van der Waals surface area contributed by atoms with Crippen molar-refractivity contribution in [2.75, 3.05) is 0 Å². The molecule has 0 saturated heterocycles. The Morgan fingerprint density at radius 2 is 1.09 bits per heavy atom. The molecule has 0 aliphatic rings. The molecule has 4 aromatic rings. The van der Waals surface area contributed by atoms with E-state index in [4.69, 9.17) is 4.99 Å². The van der Waals surface area contributed by atoms with E-state index >= 15 is 0 Å². The molecule has 180 valence electrons. The predicted molar refractivity (Wildman–Crippen MR) is 157 cm³/mol. The van der Waals surface area contributed by atoms with E-state index in [0.717, 1.165) is 11.3 Å². The van der Waals surface area contributed by atoms with Gasteiger partial charge in [0.05, 0.1) is 5.69 Å². The molecule has 0 amide bonds. The molecule has 4 rings (SSSR count). The molecule has 1 nitrogen and oxygen atoms in total. The van der Waals surface area contributed by atoms with E-state index in [1.54, 1.807) is 0 Å². The number of benzene rings is 4. The Bertz CT molecular complexity index is 1050. The van der Waals surface area contributed by atoms with Gasteiger partial charge in [0.15, 0.2) is 0 Å². The van der Waals surface area contributed by atoms with Crippen LogP contribution < -0.4 is 8.92 Å². The Kier molecular flexibility index (Phi) is 16.0. The number of nitrogens with zero attached hydrogens (tertiary/aromatic N) is 1. The van der Waals surface area contributed by atoms with Gasteiger partial charge in [-0.2, -0.15) is 0 Å². The zero-order valence-corrected chi connectivity index (χ0v) is 26.7. The summed E-state index contributed by atoms with van der Waals surface area (Å²) in [5.41, 5.74) is 4.75. The molecule has 0 aliphatic carbocycles. The first-order valence-electron chi connectivity index (χ1n) is 11.5. The van der Waals surface area contributed by atoms with Crippen LogP contribution in [0.15, 0.2) is 108 Å². The van der Waals surface area contributed by atoms with Crippen LogP contribution in [0.4, 0.5) is 5.69 Å². The number of rotatable bonds is 4. The maximum atomic E-state index is 4.76. The van der Waals surface area contributed by atoms with Crippen molar-refractivity contribution in [1.82, 2.24) is 0 Å². The van der Waals surface area contributed by atoms with Crippen molar-refractivity contribution in [3.8, 4) is 0 Å². The zero-order chi connectivity index (χ0) is 24.8. The van der Waals surface area contributed by atoms with Gasteiger partial charge in [0, 0.05) is 36.2 Å². The first kappa shape index (κ1) is 31.4. The third-order valence-corrected chi connectivity index (χ3v) is 6.04. The van der Waals surface area contributed by atoms with E-state index < -0.39 is 0 Å². The van der Waals surface area contributed by atoms with Gasteiger partial charge in [-0.05, 0) is 29.0 Å². The van der Waals surface area contributed by atoms with E-state index in [0.29, 0.717) is 11.8 Å². The molecular weight excluding hydrogens is 666 g/mol. The van der Waals surface area contributed by atoms with Gasteiger partial charge in [-0.3, -0.25) is 4.99 Å². The molecule has 35 heavy (non-hydrogen) atoms.